The Bertz CT molecular complexity index is 928. The number of hydrogen-bond acceptors (Lipinski definition) is 4. The summed E-state index contributed by atoms with van der Waals surface area (Å²) < 4.78 is 1.58. The van der Waals surface area contributed by atoms with Crippen molar-refractivity contribution in [1.82, 2.24) is 19.5 Å². The molecular weight excluding hydrogens is 326 g/mol. The van der Waals surface area contributed by atoms with E-state index in [0.29, 0.717) is 28.9 Å². The fraction of sp³-hybridized carbons (Fsp3) is 0.350. The zero-order valence-electron chi connectivity index (χ0n) is 14.9. The molecule has 2 heterocycles. The zero-order chi connectivity index (χ0) is 18.1. The minimum Gasteiger partial charge on any atom is -0.384 e. The van der Waals surface area contributed by atoms with E-state index in [4.69, 9.17) is 5.73 Å². The van der Waals surface area contributed by atoms with Crippen molar-refractivity contribution >= 4 is 17.4 Å². The van der Waals surface area contributed by atoms with Crippen LogP contribution in [0.5, 0.6) is 0 Å². The summed E-state index contributed by atoms with van der Waals surface area (Å²) in [7, 11) is 1.89. The lowest BCUT2D eigenvalue weighted by atomic mass is 9.94. The van der Waals surface area contributed by atoms with Gasteiger partial charge in [-0.25, -0.2) is 4.98 Å². The van der Waals surface area contributed by atoms with Gasteiger partial charge in [-0.2, -0.15) is 4.52 Å². The van der Waals surface area contributed by atoms with Crippen LogP contribution in [0.3, 0.4) is 0 Å². The maximum absolute atomic E-state index is 12.9. The predicted octanol–water partition coefficient (Wildman–Crippen LogP) is 3.38. The van der Waals surface area contributed by atoms with Crippen molar-refractivity contribution in [3.8, 4) is 11.4 Å². The highest BCUT2D eigenvalue weighted by molar-refractivity contribution is 5.96. The molecule has 1 aromatic carbocycles. The topological polar surface area (TPSA) is 76.5 Å². The Morgan fingerprint density at radius 1 is 1.15 bits per heavy atom. The summed E-state index contributed by atoms with van der Waals surface area (Å²) >= 11 is 0. The third-order valence-electron chi connectivity index (χ3n) is 5.19. The summed E-state index contributed by atoms with van der Waals surface area (Å²) in [4.78, 5) is 19.3. The second-order valence-corrected chi connectivity index (χ2v) is 6.95. The molecule has 0 bridgehead atoms. The van der Waals surface area contributed by atoms with E-state index >= 15 is 0 Å². The molecule has 0 radical (unpaired) electrons. The van der Waals surface area contributed by atoms with Crippen LogP contribution in [0, 0.1) is 0 Å². The van der Waals surface area contributed by atoms with Gasteiger partial charge in [0.1, 0.15) is 5.82 Å². The summed E-state index contributed by atoms with van der Waals surface area (Å²) in [5.41, 5.74) is 8.23. The number of nitrogen functional groups attached to an aromatic ring is 1. The number of rotatable bonds is 3. The molecule has 2 N–H and O–H groups in total. The van der Waals surface area contributed by atoms with Gasteiger partial charge in [0.05, 0.1) is 0 Å². The van der Waals surface area contributed by atoms with Gasteiger partial charge in [0.2, 0.25) is 0 Å². The third-order valence-corrected chi connectivity index (χ3v) is 5.19. The molecule has 1 amide bonds. The van der Waals surface area contributed by atoms with Crippen molar-refractivity contribution in [3.05, 3.63) is 48.0 Å². The summed E-state index contributed by atoms with van der Waals surface area (Å²) in [6.07, 6.45) is 5.79. The Morgan fingerprint density at radius 3 is 2.62 bits per heavy atom. The van der Waals surface area contributed by atoms with Crippen LogP contribution in [-0.4, -0.2) is 38.5 Å². The van der Waals surface area contributed by atoms with Gasteiger partial charge in [0.15, 0.2) is 11.5 Å². The number of carbonyl (C=O) groups excluding carboxylic acids is 1. The largest absolute Gasteiger partial charge is 0.384 e. The summed E-state index contributed by atoms with van der Waals surface area (Å²) in [5.74, 6) is 1.01. The Morgan fingerprint density at radius 2 is 1.88 bits per heavy atom. The van der Waals surface area contributed by atoms with Crippen molar-refractivity contribution in [2.45, 2.75) is 38.1 Å². The van der Waals surface area contributed by atoms with E-state index in [1.807, 2.05) is 42.3 Å². The highest BCUT2D eigenvalue weighted by atomic mass is 16.2. The average Bonchev–Trinajstić information content (AvgIpc) is 3.13. The molecule has 6 heteroatoms. The Kier molecular flexibility index (Phi) is 4.32. The lowest BCUT2D eigenvalue weighted by molar-refractivity contribution is 0.0696. The maximum Gasteiger partial charge on any atom is 0.254 e. The van der Waals surface area contributed by atoms with Crippen molar-refractivity contribution < 1.29 is 4.79 Å². The first kappa shape index (κ1) is 16.6. The van der Waals surface area contributed by atoms with Crippen LogP contribution in [0.25, 0.3) is 17.0 Å². The molecule has 134 valence electrons. The van der Waals surface area contributed by atoms with Gasteiger partial charge < -0.3 is 10.6 Å². The van der Waals surface area contributed by atoms with E-state index in [2.05, 4.69) is 10.1 Å². The number of nitrogens with two attached hydrogens (primary N) is 1. The molecule has 0 saturated heterocycles. The summed E-state index contributed by atoms with van der Waals surface area (Å²) in [5, 5.41) is 4.47. The number of fused-ring (bicyclic) bond motifs is 1. The van der Waals surface area contributed by atoms with Crippen LogP contribution in [0.15, 0.2) is 42.5 Å². The SMILES string of the molecule is CN(C(=O)c1cc(N)n2nc(-c3ccccc3)nc2c1)C1CCCCC1. The van der Waals surface area contributed by atoms with Gasteiger partial charge in [-0.15, -0.1) is 5.10 Å². The number of amides is 1. The van der Waals surface area contributed by atoms with Crippen molar-refractivity contribution in [1.29, 1.82) is 0 Å². The molecule has 4 rings (SSSR count). The van der Waals surface area contributed by atoms with Crippen molar-refractivity contribution in [3.63, 3.8) is 0 Å². The highest BCUT2D eigenvalue weighted by Gasteiger charge is 2.24. The minimum atomic E-state index is -0.00430. The van der Waals surface area contributed by atoms with Gasteiger partial charge in [0.25, 0.3) is 5.91 Å². The molecule has 1 aliphatic rings. The van der Waals surface area contributed by atoms with Gasteiger partial charge in [0, 0.05) is 24.2 Å². The number of nitrogens with zero attached hydrogens (tertiary/aromatic N) is 4. The zero-order valence-corrected chi connectivity index (χ0v) is 14.9. The highest BCUT2D eigenvalue weighted by Crippen LogP contribution is 2.24. The molecular formula is C20H23N5O. The van der Waals surface area contributed by atoms with E-state index in [-0.39, 0.29) is 5.91 Å². The van der Waals surface area contributed by atoms with E-state index in [9.17, 15) is 4.79 Å². The molecule has 0 atom stereocenters. The predicted molar refractivity (Wildman–Crippen MR) is 102 cm³/mol. The fourth-order valence-corrected chi connectivity index (χ4v) is 3.68. The minimum absolute atomic E-state index is 0.00430. The first-order valence-corrected chi connectivity index (χ1v) is 9.12. The number of benzene rings is 1. The van der Waals surface area contributed by atoms with E-state index in [1.54, 1.807) is 16.6 Å². The van der Waals surface area contributed by atoms with Crippen LogP contribution in [0.4, 0.5) is 5.82 Å². The first-order valence-electron chi connectivity index (χ1n) is 9.12. The summed E-state index contributed by atoms with van der Waals surface area (Å²) in [6, 6.07) is 13.5. The summed E-state index contributed by atoms with van der Waals surface area (Å²) in [6.45, 7) is 0. The van der Waals surface area contributed by atoms with Gasteiger partial charge in [-0.05, 0) is 25.0 Å². The van der Waals surface area contributed by atoms with Crippen LogP contribution in [0.2, 0.25) is 0 Å². The van der Waals surface area contributed by atoms with Crippen LogP contribution >= 0.6 is 0 Å². The average molecular weight is 349 g/mol. The number of aromatic nitrogens is 3. The van der Waals surface area contributed by atoms with Crippen molar-refractivity contribution in [2.24, 2.45) is 0 Å². The van der Waals surface area contributed by atoms with E-state index in [1.165, 1.54) is 19.3 Å². The molecule has 1 fully saturated rings. The molecule has 0 aliphatic heterocycles. The number of anilines is 1. The van der Waals surface area contributed by atoms with Crippen LogP contribution < -0.4 is 5.73 Å². The van der Waals surface area contributed by atoms with Crippen molar-refractivity contribution in [2.75, 3.05) is 12.8 Å². The monoisotopic (exact) mass is 349 g/mol. The smallest absolute Gasteiger partial charge is 0.254 e. The fourth-order valence-electron chi connectivity index (χ4n) is 3.68. The first-order chi connectivity index (χ1) is 12.6. The molecule has 26 heavy (non-hydrogen) atoms. The molecule has 1 aliphatic carbocycles. The molecule has 1 saturated carbocycles. The van der Waals surface area contributed by atoms with Crippen LogP contribution in [0.1, 0.15) is 42.5 Å². The second kappa shape index (κ2) is 6.78. The van der Waals surface area contributed by atoms with Gasteiger partial charge in [-0.3, -0.25) is 4.79 Å². The number of carbonyl (C=O) groups is 1. The maximum atomic E-state index is 12.9. The Balaban J connectivity index is 1.67. The standard InChI is InChI=1S/C20H23N5O/c1-24(16-10-6-3-7-11-16)20(26)15-12-17(21)25-18(13-15)22-19(23-25)14-8-4-2-5-9-14/h2,4-5,8-9,12-13,16H,3,6-7,10-11,21H2,1H3. The van der Waals surface area contributed by atoms with Crippen LogP contribution in [-0.2, 0) is 0 Å². The van der Waals surface area contributed by atoms with E-state index < -0.39 is 0 Å². The quantitative estimate of drug-likeness (QED) is 0.786. The Labute approximate surface area is 152 Å². The van der Waals surface area contributed by atoms with Gasteiger partial charge in [-0.1, -0.05) is 49.6 Å². The molecule has 3 aromatic rings. The number of hydrogen-bond donors (Lipinski definition) is 1. The normalized spacial score (nSPS) is 15.3. The molecule has 0 unspecified atom stereocenters. The molecule has 2 aromatic heterocycles. The molecule has 0 spiro atoms. The lowest BCUT2D eigenvalue weighted by Gasteiger charge is -2.31. The van der Waals surface area contributed by atoms with Gasteiger partial charge >= 0.3 is 0 Å². The lowest BCUT2D eigenvalue weighted by Crippen LogP contribution is -2.38. The Hall–Kier alpha value is -2.89. The van der Waals surface area contributed by atoms with E-state index in [0.717, 1.165) is 18.4 Å². The third kappa shape index (κ3) is 3.03. The number of pyridine rings is 1. The molecule has 6 nitrogen and oxygen atoms in total. The second-order valence-electron chi connectivity index (χ2n) is 6.95.